The van der Waals surface area contributed by atoms with E-state index in [1.165, 1.54) is 12.1 Å². The third kappa shape index (κ3) is 3.45. The molecule has 0 aliphatic rings. The third-order valence-electron chi connectivity index (χ3n) is 3.54. The summed E-state index contributed by atoms with van der Waals surface area (Å²) in [5.41, 5.74) is 4.80. The number of nitrogens with zero attached hydrogens (tertiary/aromatic N) is 2. The smallest absolute Gasteiger partial charge is 0.349 e. The number of halogens is 1. The second-order valence-electron chi connectivity index (χ2n) is 5.18. The Balaban J connectivity index is 1.78. The molecule has 3 aromatic rings. The average molecular weight is 361 g/mol. The standard InChI is InChI=1S/C16H13ClN4O4/c17-11-7-5-10(6-8-11)15(22)18-19-16(23)14-9-20(24)12-3-1-2-4-13(12)21(14)25/h1-9,15,18,22H,(H,19,23). The lowest BCUT2D eigenvalue weighted by molar-refractivity contribution is -0.630. The molecule has 3 N–H and O–H groups in total. The highest BCUT2D eigenvalue weighted by atomic mass is 35.5. The van der Waals surface area contributed by atoms with Crippen molar-refractivity contribution in [1.29, 1.82) is 0 Å². The van der Waals surface area contributed by atoms with Crippen molar-refractivity contribution in [3.05, 3.63) is 81.4 Å². The van der Waals surface area contributed by atoms with Gasteiger partial charge in [-0.1, -0.05) is 35.9 Å². The second-order valence-corrected chi connectivity index (χ2v) is 5.61. The molecule has 2 aromatic carbocycles. The molecule has 3 rings (SSSR count). The van der Waals surface area contributed by atoms with Crippen LogP contribution >= 0.6 is 11.6 Å². The number of hydrogen-bond donors (Lipinski definition) is 3. The summed E-state index contributed by atoms with van der Waals surface area (Å²) in [5, 5.41) is 34.7. The number of para-hydroxylation sites is 2. The zero-order chi connectivity index (χ0) is 18.0. The van der Waals surface area contributed by atoms with Crippen LogP contribution in [0.1, 0.15) is 22.3 Å². The number of hydrazine groups is 1. The van der Waals surface area contributed by atoms with Gasteiger partial charge in [-0.15, -0.1) is 4.73 Å². The first kappa shape index (κ1) is 16.9. The van der Waals surface area contributed by atoms with Crippen LogP contribution in [0.15, 0.2) is 54.7 Å². The van der Waals surface area contributed by atoms with Gasteiger partial charge >= 0.3 is 11.6 Å². The van der Waals surface area contributed by atoms with E-state index in [2.05, 4.69) is 10.9 Å². The Kier molecular flexibility index (Phi) is 4.66. The molecule has 0 saturated heterocycles. The number of hydrogen-bond acceptors (Lipinski definition) is 5. The van der Waals surface area contributed by atoms with Gasteiger partial charge in [0.2, 0.25) is 0 Å². The first-order valence-electron chi connectivity index (χ1n) is 7.21. The number of aliphatic hydroxyl groups excluding tert-OH is 1. The molecule has 1 aromatic heterocycles. The minimum atomic E-state index is -1.22. The minimum absolute atomic E-state index is 0.0587. The fourth-order valence-corrected chi connectivity index (χ4v) is 2.39. The van der Waals surface area contributed by atoms with Crippen molar-refractivity contribution in [2.75, 3.05) is 0 Å². The van der Waals surface area contributed by atoms with Crippen LogP contribution in [0.3, 0.4) is 0 Å². The predicted octanol–water partition coefficient (Wildman–Crippen LogP) is 0.685. The first-order valence-corrected chi connectivity index (χ1v) is 7.59. The number of aliphatic hydroxyl groups is 1. The van der Waals surface area contributed by atoms with E-state index in [-0.39, 0.29) is 11.0 Å². The molecule has 1 heterocycles. The topological polar surface area (TPSA) is 115 Å². The zero-order valence-electron chi connectivity index (χ0n) is 12.7. The molecule has 0 fully saturated rings. The molecule has 0 bridgehead atoms. The van der Waals surface area contributed by atoms with Crippen LogP contribution in [0.5, 0.6) is 0 Å². The van der Waals surface area contributed by atoms with E-state index in [1.54, 1.807) is 36.4 Å². The number of aromatic nitrogens is 2. The second kappa shape index (κ2) is 6.89. The lowest BCUT2D eigenvalue weighted by Crippen LogP contribution is -2.49. The highest BCUT2D eigenvalue weighted by Crippen LogP contribution is 2.14. The van der Waals surface area contributed by atoms with E-state index in [0.717, 1.165) is 6.20 Å². The van der Waals surface area contributed by atoms with Gasteiger partial charge in [-0.3, -0.25) is 10.2 Å². The van der Waals surface area contributed by atoms with Crippen LogP contribution in [0.4, 0.5) is 0 Å². The van der Waals surface area contributed by atoms with Crippen LogP contribution in [-0.4, -0.2) is 11.0 Å². The normalized spacial score (nSPS) is 12.1. The summed E-state index contributed by atoms with van der Waals surface area (Å²) in [6.07, 6.45) is -0.345. The largest absolute Gasteiger partial charge is 0.618 e. The highest BCUT2D eigenvalue weighted by molar-refractivity contribution is 6.30. The fourth-order valence-electron chi connectivity index (χ4n) is 2.26. The third-order valence-corrected chi connectivity index (χ3v) is 3.79. The van der Waals surface area contributed by atoms with E-state index in [9.17, 15) is 20.3 Å². The first-order chi connectivity index (χ1) is 12.0. The van der Waals surface area contributed by atoms with E-state index in [0.29, 0.717) is 20.0 Å². The molecule has 25 heavy (non-hydrogen) atoms. The fraction of sp³-hybridized carbons (Fsp3) is 0.0625. The number of nitrogens with one attached hydrogen (secondary N) is 2. The molecule has 0 aliphatic heterocycles. The summed E-state index contributed by atoms with van der Waals surface area (Å²) in [6.45, 7) is 0. The van der Waals surface area contributed by atoms with Gasteiger partial charge in [0.15, 0.2) is 0 Å². The maximum Gasteiger partial charge on any atom is 0.349 e. The van der Waals surface area contributed by atoms with E-state index in [4.69, 9.17) is 11.6 Å². The van der Waals surface area contributed by atoms with Crippen molar-refractivity contribution in [2.45, 2.75) is 6.23 Å². The molecular formula is C16H13ClN4O4. The lowest BCUT2D eigenvalue weighted by atomic mass is 10.2. The SMILES string of the molecule is O=C(NNC(O)c1ccc(Cl)cc1)c1c[n+]([O-])c2ccccc2[n+]1[O-]. The van der Waals surface area contributed by atoms with Crippen molar-refractivity contribution in [3.63, 3.8) is 0 Å². The summed E-state index contributed by atoms with van der Waals surface area (Å²) in [4.78, 5) is 12.2. The van der Waals surface area contributed by atoms with Gasteiger partial charge in [-0.2, -0.15) is 4.73 Å². The molecule has 1 atom stereocenters. The molecule has 0 spiro atoms. The Morgan fingerprint density at radius 2 is 1.72 bits per heavy atom. The van der Waals surface area contributed by atoms with Crippen LogP contribution < -0.4 is 20.3 Å². The minimum Gasteiger partial charge on any atom is -0.618 e. The molecule has 8 nitrogen and oxygen atoms in total. The molecule has 9 heteroatoms. The van der Waals surface area contributed by atoms with E-state index < -0.39 is 17.8 Å². The van der Waals surface area contributed by atoms with Crippen LogP contribution in [0.2, 0.25) is 5.02 Å². The monoisotopic (exact) mass is 360 g/mol. The molecular weight excluding hydrogens is 348 g/mol. The van der Waals surface area contributed by atoms with Gasteiger partial charge in [-0.25, -0.2) is 5.43 Å². The van der Waals surface area contributed by atoms with E-state index in [1.807, 2.05) is 0 Å². The summed E-state index contributed by atoms with van der Waals surface area (Å²) in [7, 11) is 0. The maximum absolute atomic E-state index is 12.3. The highest BCUT2D eigenvalue weighted by Gasteiger charge is 2.25. The summed E-state index contributed by atoms with van der Waals surface area (Å²) in [6, 6.07) is 12.4. The average Bonchev–Trinajstić information content (AvgIpc) is 2.63. The van der Waals surface area contributed by atoms with Gasteiger partial charge in [-0.05, 0) is 17.7 Å². The molecule has 128 valence electrons. The van der Waals surface area contributed by atoms with Crippen molar-refractivity contribution in [2.24, 2.45) is 0 Å². The van der Waals surface area contributed by atoms with E-state index >= 15 is 0 Å². The molecule has 0 aliphatic carbocycles. The number of carbonyl (C=O) groups is 1. The Labute approximate surface area is 147 Å². The Hall–Kier alpha value is -2.94. The van der Waals surface area contributed by atoms with Crippen LogP contribution in [0, 0.1) is 10.4 Å². The van der Waals surface area contributed by atoms with Gasteiger partial charge in [0.1, 0.15) is 6.23 Å². The van der Waals surface area contributed by atoms with Gasteiger partial charge in [0.05, 0.1) is 0 Å². The molecule has 0 saturated carbocycles. The summed E-state index contributed by atoms with van der Waals surface area (Å²) in [5.74, 6) is -0.863. The maximum atomic E-state index is 12.3. The Morgan fingerprint density at radius 3 is 2.40 bits per heavy atom. The number of rotatable bonds is 4. The van der Waals surface area contributed by atoms with Crippen molar-refractivity contribution < 1.29 is 19.4 Å². The van der Waals surface area contributed by atoms with Gasteiger partial charge < -0.3 is 15.5 Å². The summed E-state index contributed by atoms with van der Waals surface area (Å²) >= 11 is 5.76. The van der Waals surface area contributed by atoms with Crippen molar-refractivity contribution in [1.82, 2.24) is 10.9 Å². The van der Waals surface area contributed by atoms with Crippen molar-refractivity contribution >= 4 is 28.5 Å². The predicted molar refractivity (Wildman–Crippen MR) is 88.9 cm³/mol. The number of carbonyl (C=O) groups excluding carboxylic acids is 1. The molecule has 1 amide bonds. The Morgan fingerprint density at radius 1 is 1.08 bits per heavy atom. The summed E-state index contributed by atoms with van der Waals surface area (Å²) < 4.78 is 0.795. The number of benzene rings is 2. The Bertz CT molecular complexity index is 933. The van der Waals surface area contributed by atoms with Gasteiger partial charge in [0.25, 0.3) is 17.2 Å². The number of amides is 1. The van der Waals surface area contributed by atoms with Crippen LogP contribution in [-0.2, 0) is 0 Å². The van der Waals surface area contributed by atoms with Crippen LogP contribution in [0.25, 0.3) is 11.0 Å². The zero-order valence-corrected chi connectivity index (χ0v) is 13.5. The molecule has 0 radical (unpaired) electrons. The lowest BCUT2D eigenvalue weighted by Gasteiger charge is -2.14. The number of fused-ring (bicyclic) bond motifs is 1. The molecule has 1 unspecified atom stereocenters. The van der Waals surface area contributed by atoms with Gasteiger partial charge in [0, 0.05) is 17.2 Å². The van der Waals surface area contributed by atoms with Crippen molar-refractivity contribution in [3.8, 4) is 0 Å². The quantitative estimate of drug-likeness (QED) is 0.274.